The quantitative estimate of drug-likeness (QED) is 0.244. The molecule has 1 aromatic heterocycles. The monoisotopic (exact) mass is 449 g/mol. The highest BCUT2D eigenvalue weighted by Gasteiger charge is 2.13. The van der Waals surface area contributed by atoms with Crippen LogP contribution in [0, 0.1) is 0 Å². The van der Waals surface area contributed by atoms with Gasteiger partial charge in [-0.1, -0.05) is 105 Å². The fourth-order valence-corrected chi connectivity index (χ4v) is 4.95. The smallest absolute Gasteiger partial charge is 0.0780 e. The Morgan fingerprint density at radius 2 is 1.14 bits per heavy atom. The summed E-state index contributed by atoms with van der Waals surface area (Å²) in [6.45, 7) is 4.50. The minimum absolute atomic E-state index is 0.435. The molecule has 0 bridgehead atoms. The van der Waals surface area contributed by atoms with Gasteiger partial charge in [-0.25, -0.2) is 0 Å². The zero-order chi connectivity index (χ0) is 23.8. The Labute approximate surface area is 206 Å². The summed E-state index contributed by atoms with van der Waals surface area (Å²) in [5.74, 6) is 0.435. The third-order valence-electron chi connectivity index (χ3n) is 6.87. The number of rotatable bonds is 4. The lowest BCUT2D eigenvalue weighted by Gasteiger charge is -2.14. The van der Waals surface area contributed by atoms with Gasteiger partial charge in [0.25, 0.3) is 0 Å². The minimum atomic E-state index is 0.435. The molecule has 0 amide bonds. The van der Waals surface area contributed by atoms with E-state index in [1.807, 2.05) is 6.20 Å². The maximum atomic E-state index is 4.88. The molecule has 0 fully saturated rings. The average molecular weight is 450 g/mol. The molecule has 1 nitrogen and oxygen atoms in total. The molecule has 6 rings (SSSR count). The number of nitrogens with zero attached hydrogens (tertiary/aromatic N) is 1. The van der Waals surface area contributed by atoms with Crippen LogP contribution in [0.4, 0.5) is 0 Å². The first-order valence-corrected chi connectivity index (χ1v) is 12.2. The summed E-state index contributed by atoms with van der Waals surface area (Å²) in [5.41, 5.74) is 8.48. The molecule has 0 N–H and O–H groups in total. The van der Waals surface area contributed by atoms with Crippen LogP contribution in [0.2, 0.25) is 0 Å². The van der Waals surface area contributed by atoms with Crippen molar-refractivity contribution in [3.05, 3.63) is 127 Å². The van der Waals surface area contributed by atoms with Crippen molar-refractivity contribution < 1.29 is 0 Å². The molecule has 0 aliphatic rings. The van der Waals surface area contributed by atoms with Crippen molar-refractivity contribution in [1.82, 2.24) is 4.98 Å². The number of fused-ring (bicyclic) bond motifs is 3. The molecular formula is C34H27N. The van der Waals surface area contributed by atoms with Crippen LogP contribution < -0.4 is 0 Å². The predicted octanol–water partition coefficient (Wildman–Crippen LogP) is 9.51. The minimum Gasteiger partial charge on any atom is -0.256 e. The number of benzene rings is 5. The fourth-order valence-electron chi connectivity index (χ4n) is 4.95. The molecule has 168 valence electrons. The highest BCUT2D eigenvalue weighted by Crippen LogP contribution is 2.36. The Bertz CT molecular complexity index is 1650. The zero-order valence-corrected chi connectivity index (χ0v) is 20.1. The van der Waals surface area contributed by atoms with Crippen molar-refractivity contribution in [1.29, 1.82) is 0 Å². The average Bonchev–Trinajstić information content (AvgIpc) is 2.93. The lowest BCUT2D eigenvalue weighted by Crippen LogP contribution is -1.93. The van der Waals surface area contributed by atoms with Crippen molar-refractivity contribution in [3.63, 3.8) is 0 Å². The number of aromatic nitrogens is 1. The van der Waals surface area contributed by atoms with E-state index in [2.05, 4.69) is 129 Å². The molecule has 0 spiro atoms. The standard InChI is InChI=1S/C34H27N/c1-23(2)28-20-29(25-11-7-4-8-12-25)22-30(21-28)34-33-16-14-27-19-26(24-9-5-3-6-10-24)13-15-31(27)32(33)17-18-35-34/h3-23H,1-2H3. The molecule has 6 aromatic rings. The second kappa shape index (κ2) is 8.85. The predicted molar refractivity (Wildman–Crippen MR) is 150 cm³/mol. The summed E-state index contributed by atoms with van der Waals surface area (Å²) < 4.78 is 0. The number of pyridine rings is 1. The Kier molecular flexibility index (Phi) is 5.39. The SMILES string of the molecule is CC(C)c1cc(-c2ccccc2)cc(-c2nccc3c2ccc2cc(-c4ccccc4)ccc23)c1. The third kappa shape index (κ3) is 4.00. The van der Waals surface area contributed by atoms with Gasteiger partial charge in [0.15, 0.2) is 0 Å². The fraction of sp³-hybridized carbons (Fsp3) is 0.0882. The Morgan fingerprint density at radius 3 is 1.86 bits per heavy atom. The number of hydrogen-bond acceptors (Lipinski definition) is 1. The van der Waals surface area contributed by atoms with Gasteiger partial charge in [-0.15, -0.1) is 0 Å². The molecule has 1 heteroatoms. The van der Waals surface area contributed by atoms with Gasteiger partial charge in [0.05, 0.1) is 5.69 Å². The van der Waals surface area contributed by atoms with Gasteiger partial charge >= 0.3 is 0 Å². The first-order chi connectivity index (χ1) is 17.2. The molecule has 0 aliphatic carbocycles. The molecule has 1 heterocycles. The molecule has 0 aliphatic heterocycles. The van der Waals surface area contributed by atoms with Crippen LogP contribution in [0.5, 0.6) is 0 Å². The van der Waals surface area contributed by atoms with Crippen LogP contribution in [0.25, 0.3) is 55.1 Å². The maximum absolute atomic E-state index is 4.88. The summed E-state index contributed by atoms with van der Waals surface area (Å²) in [4.78, 5) is 4.88. The van der Waals surface area contributed by atoms with E-state index in [1.54, 1.807) is 0 Å². The summed E-state index contributed by atoms with van der Waals surface area (Å²) >= 11 is 0. The van der Waals surface area contributed by atoms with E-state index in [1.165, 1.54) is 54.9 Å². The number of hydrogen-bond donors (Lipinski definition) is 0. The van der Waals surface area contributed by atoms with Crippen LogP contribution in [0.15, 0.2) is 121 Å². The highest BCUT2D eigenvalue weighted by molar-refractivity contribution is 6.12. The van der Waals surface area contributed by atoms with Crippen molar-refractivity contribution >= 4 is 21.5 Å². The lowest BCUT2D eigenvalue weighted by atomic mass is 9.91. The molecule has 0 radical (unpaired) electrons. The molecule has 35 heavy (non-hydrogen) atoms. The second-order valence-corrected chi connectivity index (χ2v) is 9.49. The summed E-state index contributed by atoms with van der Waals surface area (Å²) in [5, 5.41) is 4.93. The van der Waals surface area contributed by atoms with Crippen LogP contribution in [0.3, 0.4) is 0 Å². The largest absolute Gasteiger partial charge is 0.256 e. The normalized spacial score (nSPS) is 11.4. The van der Waals surface area contributed by atoms with E-state index in [4.69, 9.17) is 4.98 Å². The van der Waals surface area contributed by atoms with Crippen molar-refractivity contribution in [2.24, 2.45) is 0 Å². The van der Waals surface area contributed by atoms with E-state index in [0.29, 0.717) is 5.92 Å². The van der Waals surface area contributed by atoms with Crippen LogP contribution in [-0.4, -0.2) is 4.98 Å². The van der Waals surface area contributed by atoms with Gasteiger partial charge in [-0.2, -0.15) is 0 Å². The summed E-state index contributed by atoms with van der Waals surface area (Å²) in [6.07, 6.45) is 1.95. The molecule has 0 saturated carbocycles. The van der Waals surface area contributed by atoms with E-state index in [9.17, 15) is 0 Å². The van der Waals surface area contributed by atoms with Gasteiger partial charge in [-0.05, 0) is 74.2 Å². The Morgan fingerprint density at radius 1 is 0.486 bits per heavy atom. The van der Waals surface area contributed by atoms with E-state index in [0.717, 1.165) is 5.69 Å². The van der Waals surface area contributed by atoms with Crippen molar-refractivity contribution in [2.45, 2.75) is 19.8 Å². The summed E-state index contributed by atoms with van der Waals surface area (Å²) in [6, 6.07) is 41.5. The van der Waals surface area contributed by atoms with E-state index < -0.39 is 0 Å². The van der Waals surface area contributed by atoms with Gasteiger partial charge in [-0.3, -0.25) is 4.98 Å². The molecule has 0 saturated heterocycles. The highest BCUT2D eigenvalue weighted by atomic mass is 14.7. The summed E-state index contributed by atoms with van der Waals surface area (Å²) in [7, 11) is 0. The van der Waals surface area contributed by atoms with Crippen LogP contribution in [-0.2, 0) is 0 Å². The third-order valence-corrected chi connectivity index (χ3v) is 6.87. The second-order valence-electron chi connectivity index (χ2n) is 9.49. The molecular weight excluding hydrogens is 422 g/mol. The van der Waals surface area contributed by atoms with Gasteiger partial charge < -0.3 is 0 Å². The molecule has 0 atom stereocenters. The van der Waals surface area contributed by atoms with Crippen molar-refractivity contribution in [2.75, 3.05) is 0 Å². The zero-order valence-electron chi connectivity index (χ0n) is 20.1. The van der Waals surface area contributed by atoms with Gasteiger partial charge in [0.1, 0.15) is 0 Å². The van der Waals surface area contributed by atoms with Crippen LogP contribution >= 0.6 is 0 Å². The first kappa shape index (κ1) is 21.3. The van der Waals surface area contributed by atoms with E-state index in [-0.39, 0.29) is 0 Å². The first-order valence-electron chi connectivity index (χ1n) is 12.2. The Hall–Kier alpha value is -4.23. The van der Waals surface area contributed by atoms with Crippen molar-refractivity contribution in [3.8, 4) is 33.5 Å². The molecule has 5 aromatic carbocycles. The maximum Gasteiger partial charge on any atom is 0.0780 e. The molecule has 0 unspecified atom stereocenters. The van der Waals surface area contributed by atoms with Gasteiger partial charge in [0, 0.05) is 17.1 Å². The van der Waals surface area contributed by atoms with Gasteiger partial charge in [0.2, 0.25) is 0 Å². The lowest BCUT2D eigenvalue weighted by molar-refractivity contribution is 0.867. The van der Waals surface area contributed by atoms with E-state index >= 15 is 0 Å². The van der Waals surface area contributed by atoms with Crippen LogP contribution in [0.1, 0.15) is 25.3 Å². The Balaban J connectivity index is 1.53. The topological polar surface area (TPSA) is 12.9 Å².